The number of hydrogen-bond acceptors (Lipinski definition) is 3. The van der Waals surface area contributed by atoms with Gasteiger partial charge in [-0.25, -0.2) is 0 Å². The van der Waals surface area contributed by atoms with Crippen LogP contribution in [0.1, 0.15) is 39.4 Å². The van der Waals surface area contributed by atoms with Gasteiger partial charge in [0.2, 0.25) is 0 Å². The molecule has 0 aromatic carbocycles. The summed E-state index contributed by atoms with van der Waals surface area (Å²) in [6.45, 7) is 7.28. The van der Waals surface area contributed by atoms with Crippen molar-refractivity contribution in [3.63, 3.8) is 0 Å². The summed E-state index contributed by atoms with van der Waals surface area (Å²) < 4.78 is 1.84. The Labute approximate surface area is 90.5 Å². The van der Waals surface area contributed by atoms with Crippen molar-refractivity contribution < 1.29 is 10.2 Å². The normalized spacial score (nSPS) is 14.6. The molecular weight excluding hydrogens is 192 g/mol. The van der Waals surface area contributed by atoms with Gasteiger partial charge in [0.25, 0.3) is 0 Å². The maximum Gasteiger partial charge on any atom is 0.0877 e. The van der Waals surface area contributed by atoms with Crippen LogP contribution in [0.25, 0.3) is 0 Å². The molecule has 0 saturated carbocycles. The summed E-state index contributed by atoms with van der Waals surface area (Å²) in [5, 5.41) is 23.6. The number of aliphatic hydroxyl groups excluding tert-OH is 1. The molecule has 0 bridgehead atoms. The van der Waals surface area contributed by atoms with Gasteiger partial charge < -0.3 is 10.2 Å². The minimum Gasteiger partial charge on any atom is -0.390 e. The first-order valence-corrected chi connectivity index (χ1v) is 5.25. The minimum absolute atomic E-state index is 0.318. The zero-order chi connectivity index (χ0) is 11.6. The second kappa shape index (κ2) is 4.33. The first-order chi connectivity index (χ1) is 6.80. The Balaban J connectivity index is 2.65. The lowest BCUT2D eigenvalue weighted by molar-refractivity contribution is -0.0474. The molecule has 1 unspecified atom stereocenters. The first kappa shape index (κ1) is 12.2. The second-order valence-electron chi connectivity index (χ2n) is 4.75. The van der Waals surface area contributed by atoms with Crippen molar-refractivity contribution in [2.24, 2.45) is 0 Å². The highest BCUT2D eigenvalue weighted by molar-refractivity contribution is 5.02. The maximum atomic E-state index is 9.69. The fourth-order valence-corrected chi connectivity index (χ4v) is 1.22. The molecule has 2 N–H and O–H groups in total. The third-order valence-corrected chi connectivity index (χ3v) is 2.41. The zero-order valence-electron chi connectivity index (χ0n) is 9.81. The summed E-state index contributed by atoms with van der Waals surface area (Å²) in [7, 11) is 0. The molecule has 0 spiro atoms. The van der Waals surface area contributed by atoms with Crippen molar-refractivity contribution in [1.82, 2.24) is 9.78 Å². The highest BCUT2D eigenvalue weighted by atomic mass is 16.3. The van der Waals surface area contributed by atoms with Crippen LogP contribution in [-0.2, 0) is 6.42 Å². The van der Waals surface area contributed by atoms with Gasteiger partial charge in [0.1, 0.15) is 0 Å². The topological polar surface area (TPSA) is 58.3 Å². The van der Waals surface area contributed by atoms with E-state index in [1.54, 1.807) is 13.8 Å². The Kier molecular flexibility index (Phi) is 3.52. The van der Waals surface area contributed by atoms with E-state index < -0.39 is 11.7 Å². The Morgan fingerprint density at radius 2 is 2.07 bits per heavy atom. The van der Waals surface area contributed by atoms with E-state index in [-0.39, 0.29) is 0 Å². The second-order valence-corrected chi connectivity index (χ2v) is 4.75. The van der Waals surface area contributed by atoms with E-state index in [9.17, 15) is 10.2 Å². The Hall–Kier alpha value is -0.870. The van der Waals surface area contributed by atoms with Gasteiger partial charge in [0.05, 0.1) is 17.4 Å². The number of aliphatic hydroxyl groups is 2. The van der Waals surface area contributed by atoms with Crippen LogP contribution in [0.15, 0.2) is 12.3 Å². The predicted molar refractivity (Wildman–Crippen MR) is 58.6 cm³/mol. The third kappa shape index (κ3) is 3.32. The number of hydrogen-bond donors (Lipinski definition) is 2. The van der Waals surface area contributed by atoms with E-state index >= 15 is 0 Å². The average Bonchev–Trinajstić information content (AvgIpc) is 2.50. The Morgan fingerprint density at radius 3 is 2.47 bits per heavy atom. The molecule has 86 valence electrons. The van der Waals surface area contributed by atoms with Gasteiger partial charge in [0.15, 0.2) is 0 Å². The SMILES string of the molecule is CC(C)n1ccc(CC(O)C(C)(C)O)n1. The molecule has 0 radical (unpaired) electrons. The quantitative estimate of drug-likeness (QED) is 0.786. The predicted octanol–water partition coefficient (Wildman–Crippen LogP) is 1.14. The average molecular weight is 212 g/mol. The lowest BCUT2D eigenvalue weighted by Gasteiger charge is -2.23. The Bertz CT molecular complexity index is 313. The van der Waals surface area contributed by atoms with Crippen LogP contribution in [0.5, 0.6) is 0 Å². The summed E-state index contributed by atoms with van der Waals surface area (Å²) in [6, 6.07) is 2.19. The third-order valence-electron chi connectivity index (χ3n) is 2.41. The van der Waals surface area contributed by atoms with Crippen LogP contribution in [0.4, 0.5) is 0 Å². The molecule has 0 fully saturated rings. The van der Waals surface area contributed by atoms with Gasteiger partial charge in [-0.1, -0.05) is 0 Å². The van der Waals surface area contributed by atoms with Crippen molar-refractivity contribution in [2.45, 2.75) is 51.9 Å². The zero-order valence-corrected chi connectivity index (χ0v) is 9.81. The van der Waals surface area contributed by atoms with Gasteiger partial charge in [-0.15, -0.1) is 0 Å². The van der Waals surface area contributed by atoms with Crippen LogP contribution in [0.3, 0.4) is 0 Å². The fourth-order valence-electron chi connectivity index (χ4n) is 1.22. The molecular formula is C11H20N2O2. The summed E-state index contributed by atoms with van der Waals surface area (Å²) in [6.07, 6.45) is 1.48. The summed E-state index contributed by atoms with van der Waals surface area (Å²) in [4.78, 5) is 0. The van der Waals surface area contributed by atoms with Crippen molar-refractivity contribution in [3.05, 3.63) is 18.0 Å². The van der Waals surface area contributed by atoms with Crippen molar-refractivity contribution in [2.75, 3.05) is 0 Å². The standard InChI is InChI=1S/C11H20N2O2/c1-8(2)13-6-5-9(12-13)7-10(14)11(3,4)15/h5-6,8,10,14-15H,7H2,1-4H3. The van der Waals surface area contributed by atoms with Gasteiger partial charge in [-0.2, -0.15) is 5.10 Å². The minimum atomic E-state index is -1.08. The molecule has 0 aliphatic heterocycles. The molecule has 1 aromatic heterocycles. The summed E-state index contributed by atoms with van der Waals surface area (Å²) in [5.41, 5.74) is -0.278. The van der Waals surface area contributed by atoms with E-state index in [2.05, 4.69) is 5.10 Å². The van der Waals surface area contributed by atoms with E-state index in [1.165, 1.54) is 0 Å². The highest BCUT2D eigenvalue weighted by Crippen LogP contribution is 2.13. The van der Waals surface area contributed by atoms with E-state index in [0.717, 1.165) is 5.69 Å². The lowest BCUT2D eigenvalue weighted by Crippen LogP contribution is -2.37. The fraction of sp³-hybridized carbons (Fsp3) is 0.727. The van der Waals surface area contributed by atoms with E-state index in [4.69, 9.17) is 0 Å². The van der Waals surface area contributed by atoms with E-state index in [0.29, 0.717) is 12.5 Å². The molecule has 1 heterocycles. The first-order valence-electron chi connectivity index (χ1n) is 5.25. The number of nitrogens with zero attached hydrogens (tertiary/aromatic N) is 2. The van der Waals surface area contributed by atoms with Crippen LogP contribution < -0.4 is 0 Å². The number of aromatic nitrogens is 2. The molecule has 1 aromatic rings. The maximum absolute atomic E-state index is 9.69. The Morgan fingerprint density at radius 1 is 1.47 bits per heavy atom. The van der Waals surface area contributed by atoms with Gasteiger partial charge in [0, 0.05) is 18.7 Å². The van der Waals surface area contributed by atoms with Crippen LogP contribution >= 0.6 is 0 Å². The number of rotatable bonds is 4. The molecule has 15 heavy (non-hydrogen) atoms. The van der Waals surface area contributed by atoms with Gasteiger partial charge >= 0.3 is 0 Å². The van der Waals surface area contributed by atoms with Gasteiger partial charge in [-0.3, -0.25) is 4.68 Å². The van der Waals surface area contributed by atoms with Crippen LogP contribution in [0, 0.1) is 0 Å². The molecule has 0 aliphatic rings. The molecule has 0 amide bonds. The lowest BCUT2D eigenvalue weighted by atomic mass is 9.98. The van der Waals surface area contributed by atoms with Crippen LogP contribution in [-0.4, -0.2) is 31.7 Å². The van der Waals surface area contributed by atoms with Crippen molar-refractivity contribution >= 4 is 0 Å². The highest BCUT2D eigenvalue weighted by Gasteiger charge is 2.25. The summed E-state index contributed by atoms with van der Waals surface area (Å²) >= 11 is 0. The van der Waals surface area contributed by atoms with Gasteiger partial charge in [-0.05, 0) is 33.8 Å². The summed E-state index contributed by atoms with van der Waals surface area (Å²) in [5.74, 6) is 0. The molecule has 0 saturated heterocycles. The van der Waals surface area contributed by atoms with Crippen molar-refractivity contribution in [1.29, 1.82) is 0 Å². The van der Waals surface area contributed by atoms with Crippen molar-refractivity contribution in [3.8, 4) is 0 Å². The molecule has 4 heteroatoms. The molecule has 1 atom stereocenters. The van der Waals surface area contributed by atoms with E-state index in [1.807, 2.05) is 30.8 Å². The largest absolute Gasteiger partial charge is 0.390 e. The van der Waals surface area contributed by atoms with Crippen LogP contribution in [0.2, 0.25) is 0 Å². The molecule has 1 rings (SSSR count). The smallest absolute Gasteiger partial charge is 0.0877 e. The molecule has 4 nitrogen and oxygen atoms in total. The molecule has 0 aliphatic carbocycles. The monoisotopic (exact) mass is 212 g/mol.